The fourth-order valence-electron chi connectivity index (χ4n) is 3.42. The fraction of sp³-hybridized carbons (Fsp3) is 0.364. The molecule has 142 valence electrons. The summed E-state index contributed by atoms with van der Waals surface area (Å²) in [6, 6.07) is 18.0. The second kappa shape index (κ2) is 8.71. The molecule has 3 rings (SSSR count). The van der Waals surface area contributed by atoms with Crippen LogP contribution in [0.3, 0.4) is 0 Å². The summed E-state index contributed by atoms with van der Waals surface area (Å²) < 4.78 is 0. The molecule has 2 aromatic carbocycles. The van der Waals surface area contributed by atoms with Crippen LogP contribution < -0.4 is 10.2 Å². The second-order valence-electron chi connectivity index (χ2n) is 7.10. The first kappa shape index (κ1) is 19.0. The quantitative estimate of drug-likeness (QED) is 0.882. The molecule has 0 spiro atoms. The molecular weight excluding hydrogens is 338 g/mol. The summed E-state index contributed by atoms with van der Waals surface area (Å²) in [6.07, 6.45) is 0.457. The normalized spacial score (nSPS) is 15.3. The maximum Gasteiger partial charge on any atom is 0.224 e. The van der Waals surface area contributed by atoms with Gasteiger partial charge in [-0.3, -0.25) is 9.59 Å². The summed E-state index contributed by atoms with van der Waals surface area (Å²) in [5.74, 6) is 0.342. The number of carbonyl (C=O) groups excluding carboxylic acids is 2. The van der Waals surface area contributed by atoms with Crippen molar-refractivity contribution in [2.45, 2.75) is 26.2 Å². The van der Waals surface area contributed by atoms with Crippen LogP contribution in [0.5, 0.6) is 0 Å². The fourth-order valence-corrected chi connectivity index (χ4v) is 3.42. The van der Waals surface area contributed by atoms with Crippen molar-refractivity contribution in [2.75, 3.05) is 36.4 Å². The van der Waals surface area contributed by atoms with Crippen LogP contribution in [0.4, 0.5) is 11.4 Å². The molecule has 0 bridgehead atoms. The van der Waals surface area contributed by atoms with Crippen LogP contribution in [0.2, 0.25) is 0 Å². The third-order valence-electron chi connectivity index (χ3n) is 5.10. The van der Waals surface area contributed by atoms with E-state index in [0.29, 0.717) is 6.42 Å². The van der Waals surface area contributed by atoms with E-state index in [2.05, 4.69) is 29.3 Å². The molecule has 1 atom stereocenters. The molecule has 1 heterocycles. The van der Waals surface area contributed by atoms with Gasteiger partial charge in [0.25, 0.3) is 0 Å². The Kier molecular flexibility index (Phi) is 6.12. The Labute approximate surface area is 161 Å². The molecule has 0 radical (unpaired) electrons. The highest BCUT2D eigenvalue weighted by Crippen LogP contribution is 2.22. The predicted molar refractivity (Wildman–Crippen MR) is 109 cm³/mol. The van der Waals surface area contributed by atoms with Gasteiger partial charge < -0.3 is 15.1 Å². The summed E-state index contributed by atoms with van der Waals surface area (Å²) in [7, 11) is 0. The van der Waals surface area contributed by atoms with Gasteiger partial charge in [0.2, 0.25) is 11.8 Å². The number of benzene rings is 2. The minimum absolute atomic E-state index is 0.0224. The minimum Gasteiger partial charge on any atom is -0.368 e. The zero-order valence-corrected chi connectivity index (χ0v) is 16.0. The molecule has 5 nitrogen and oxygen atoms in total. The molecule has 2 aromatic rings. The molecule has 5 heteroatoms. The maximum absolute atomic E-state index is 12.3. The van der Waals surface area contributed by atoms with Crippen molar-refractivity contribution >= 4 is 23.2 Å². The van der Waals surface area contributed by atoms with E-state index in [9.17, 15) is 9.59 Å². The summed E-state index contributed by atoms with van der Waals surface area (Å²) in [5.41, 5.74) is 3.10. The van der Waals surface area contributed by atoms with Gasteiger partial charge in [0, 0.05) is 50.9 Å². The van der Waals surface area contributed by atoms with Crippen LogP contribution in [-0.2, 0) is 9.59 Å². The van der Waals surface area contributed by atoms with Crippen molar-refractivity contribution in [3.05, 3.63) is 60.2 Å². The smallest absolute Gasteiger partial charge is 0.224 e. The first-order chi connectivity index (χ1) is 13.0. The lowest BCUT2D eigenvalue weighted by atomic mass is 9.97. The Balaban J connectivity index is 1.52. The van der Waals surface area contributed by atoms with E-state index in [1.807, 2.05) is 47.4 Å². The topological polar surface area (TPSA) is 52.7 Å². The maximum atomic E-state index is 12.3. The predicted octanol–water partition coefficient (Wildman–Crippen LogP) is 3.49. The molecule has 1 fully saturated rings. The van der Waals surface area contributed by atoms with E-state index in [0.717, 1.165) is 37.6 Å². The molecule has 1 unspecified atom stereocenters. The number of nitrogens with one attached hydrogen (secondary N) is 1. The van der Waals surface area contributed by atoms with Crippen molar-refractivity contribution < 1.29 is 9.59 Å². The summed E-state index contributed by atoms with van der Waals surface area (Å²) >= 11 is 0. The largest absolute Gasteiger partial charge is 0.368 e. The van der Waals surface area contributed by atoms with E-state index in [4.69, 9.17) is 0 Å². The van der Waals surface area contributed by atoms with Crippen LogP contribution in [-0.4, -0.2) is 42.9 Å². The van der Waals surface area contributed by atoms with Crippen LogP contribution in [0.25, 0.3) is 0 Å². The standard InChI is InChI=1S/C22H27N3O2/c1-17(19-6-4-3-5-7-19)16-22(27)23-20-8-10-21(11-9-20)25-14-12-24(13-15-25)18(2)26/h3-11,17H,12-16H2,1-2H3,(H,23,27). The number of amides is 2. The van der Waals surface area contributed by atoms with Gasteiger partial charge in [0.1, 0.15) is 0 Å². The average Bonchev–Trinajstić information content (AvgIpc) is 2.69. The van der Waals surface area contributed by atoms with Gasteiger partial charge in [-0.1, -0.05) is 37.3 Å². The van der Waals surface area contributed by atoms with E-state index in [1.54, 1.807) is 6.92 Å². The Morgan fingerprint density at radius 2 is 1.59 bits per heavy atom. The van der Waals surface area contributed by atoms with Crippen LogP contribution >= 0.6 is 0 Å². The first-order valence-electron chi connectivity index (χ1n) is 9.48. The Bertz CT molecular complexity index is 766. The van der Waals surface area contributed by atoms with E-state index in [1.165, 1.54) is 5.56 Å². The minimum atomic E-state index is 0.0224. The molecular formula is C22H27N3O2. The SMILES string of the molecule is CC(=O)N1CCN(c2ccc(NC(=O)CC(C)c3ccccc3)cc2)CC1. The highest BCUT2D eigenvalue weighted by Gasteiger charge is 2.18. The molecule has 0 aromatic heterocycles. The van der Waals surface area contributed by atoms with E-state index in [-0.39, 0.29) is 17.7 Å². The van der Waals surface area contributed by atoms with Crippen molar-refractivity contribution in [3.63, 3.8) is 0 Å². The van der Waals surface area contributed by atoms with Crippen LogP contribution in [0.15, 0.2) is 54.6 Å². The van der Waals surface area contributed by atoms with Gasteiger partial charge in [0.15, 0.2) is 0 Å². The Morgan fingerprint density at radius 3 is 2.19 bits per heavy atom. The number of carbonyl (C=O) groups is 2. The van der Waals surface area contributed by atoms with Crippen molar-refractivity contribution in [1.82, 2.24) is 4.90 Å². The lowest BCUT2D eigenvalue weighted by Crippen LogP contribution is -2.48. The molecule has 0 saturated carbocycles. The third-order valence-corrected chi connectivity index (χ3v) is 5.10. The highest BCUT2D eigenvalue weighted by molar-refractivity contribution is 5.91. The van der Waals surface area contributed by atoms with Gasteiger partial charge in [-0.2, -0.15) is 0 Å². The number of hydrogen-bond acceptors (Lipinski definition) is 3. The summed E-state index contributed by atoms with van der Waals surface area (Å²) in [4.78, 5) is 27.9. The molecule has 1 saturated heterocycles. The van der Waals surface area contributed by atoms with Gasteiger partial charge in [-0.05, 0) is 35.7 Å². The molecule has 1 N–H and O–H groups in total. The lowest BCUT2D eigenvalue weighted by molar-refractivity contribution is -0.129. The molecule has 1 aliphatic heterocycles. The average molecular weight is 365 g/mol. The number of piperazine rings is 1. The third kappa shape index (κ3) is 5.09. The van der Waals surface area contributed by atoms with Crippen LogP contribution in [0, 0.1) is 0 Å². The number of hydrogen-bond donors (Lipinski definition) is 1. The molecule has 0 aliphatic carbocycles. The number of anilines is 2. The molecule has 1 aliphatic rings. The van der Waals surface area contributed by atoms with Gasteiger partial charge in [-0.25, -0.2) is 0 Å². The van der Waals surface area contributed by atoms with E-state index < -0.39 is 0 Å². The van der Waals surface area contributed by atoms with Crippen molar-refractivity contribution in [3.8, 4) is 0 Å². The summed E-state index contributed by atoms with van der Waals surface area (Å²) in [5, 5.41) is 2.98. The zero-order chi connectivity index (χ0) is 19.2. The first-order valence-corrected chi connectivity index (χ1v) is 9.48. The van der Waals surface area contributed by atoms with Gasteiger partial charge in [0.05, 0.1) is 0 Å². The zero-order valence-electron chi connectivity index (χ0n) is 16.0. The Hall–Kier alpha value is -2.82. The van der Waals surface area contributed by atoms with Crippen molar-refractivity contribution in [2.24, 2.45) is 0 Å². The van der Waals surface area contributed by atoms with E-state index >= 15 is 0 Å². The van der Waals surface area contributed by atoms with Crippen LogP contribution in [0.1, 0.15) is 31.7 Å². The number of rotatable bonds is 5. The van der Waals surface area contributed by atoms with Gasteiger partial charge >= 0.3 is 0 Å². The van der Waals surface area contributed by atoms with Gasteiger partial charge in [-0.15, -0.1) is 0 Å². The monoisotopic (exact) mass is 365 g/mol. The lowest BCUT2D eigenvalue weighted by Gasteiger charge is -2.35. The second-order valence-corrected chi connectivity index (χ2v) is 7.10. The highest BCUT2D eigenvalue weighted by atomic mass is 16.2. The van der Waals surface area contributed by atoms with Crippen molar-refractivity contribution in [1.29, 1.82) is 0 Å². The summed E-state index contributed by atoms with van der Waals surface area (Å²) in [6.45, 7) is 6.86. The molecule has 27 heavy (non-hydrogen) atoms. The number of nitrogens with zero attached hydrogens (tertiary/aromatic N) is 2. The molecule has 2 amide bonds. The Morgan fingerprint density at radius 1 is 0.963 bits per heavy atom.